The van der Waals surface area contributed by atoms with Gasteiger partial charge in [0.1, 0.15) is 0 Å². The number of aliphatic hydroxyl groups is 1. The third-order valence-electron chi connectivity index (χ3n) is 4.14. The van der Waals surface area contributed by atoms with Crippen LogP contribution >= 0.6 is 11.3 Å². The van der Waals surface area contributed by atoms with E-state index in [2.05, 4.69) is 18.2 Å². The molecule has 5 heteroatoms. The number of nitrogens with zero attached hydrogens (tertiary/aromatic N) is 1. The normalized spacial score (nSPS) is 14.0. The second-order valence-corrected chi connectivity index (χ2v) is 6.97. The molecular formula is C18H21NO3S. The van der Waals surface area contributed by atoms with Crippen LogP contribution in [-0.2, 0) is 17.6 Å². The van der Waals surface area contributed by atoms with E-state index in [9.17, 15) is 9.90 Å². The number of hydrogen-bond donors (Lipinski definition) is 1. The number of likely N-dealkylation sites (N-methyl/N-ethyl adjacent to an activating group) is 1. The van der Waals surface area contributed by atoms with Gasteiger partial charge in [-0.1, -0.05) is 24.3 Å². The molecule has 0 bridgehead atoms. The van der Waals surface area contributed by atoms with Crippen LogP contribution in [0, 0.1) is 0 Å². The number of ether oxygens (including phenoxy) is 1. The van der Waals surface area contributed by atoms with Crippen LogP contribution in [0.3, 0.4) is 0 Å². The molecule has 23 heavy (non-hydrogen) atoms. The molecule has 1 aliphatic rings. The van der Waals surface area contributed by atoms with Gasteiger partial charge >= 0.3 is 0 Å². The average Bonchev–Trinajstić information content (AvgIpc) is 2.98. The van der Waals surface area contributed by atoms with Gasteiger partial charge in [-0.15, -0.1) is 11.3 Å². The Hall–Kier alpha value is -1.69. The van der Waals surface area contributed by atoms with Gasteiger partial charge in [0.2, 0.25) is 0 Å². The number of aliphatic hydroxyl groups excluding tert-OH is 1. The fourth-order valence-electron chi connectivity index (χ4n) is 3.01. The molecule has 1 amide bonds. The number of rotatable bonds is 5. The molecular weight excluding hydrogens is 310 g/mol. The first kappa shape index (κ1) is 16.2. The van der Waals surface area contributed by atoms with Crippen LogP contribution in [0.5, 0.6) is 0 Å². The summed E-state index contributed by atoms with van der Waals surface area (Å²) >= 11 is 1.55. The van der Waals surface area contributed by atoms with Crippen LogP contribution in [-0.4, -0.2) is 49.3 Å². The summed E-state index contributed by atoms with van der Waals surface area (Å²) in [6.07, 6.45) is 1.34. The number of fused-ring (bicyclic) bond motifs is 3. The van der Waals surface area contributed by atoms with Gasteiger partial charge in [-0.3, -0.25) is 4.79 Å². The molecule has 0 spiro atoms. The van der Waals surface area contributed by atoms with Gasteiger partial charge in [0.25, 0.3) is 5.91 Å². The summed E-state index contributed by atoms with van der Waals surface area (Å²) in [7, 11) is 3.25. The zero-order chi connectivity index (χ0) is 16.4. The SMILES string of the molecule is COCC(O)CN(C)C(=O)c1cc2c(s1)-c1ccccc1CC2. The van der Waals surface area contributed by atoms with Crippen molar-refractivity contribution >= 4 is 17.2 Å². The first-order valence-electron chi connectivity index (χ1n) is 7.73. The van der Waals surface area contributed by atoms with Gasteiger partial charge in [0.15, 0.2) is 0 Å². The molecule has 2 aromatic rings. The number of benzene rings is 1. The molecule has 1 N–H and O–H groups in total. The fourth-order valence-corrected chi connectivity index (χ4v) is 4.27. The van der Waals surface area contributed by atoms with Crippen molar-refractivity contribution in [2.24, 2.45) is 0 Å². The Morgan fingerprint density at radius 1 is 1.35 bits per heavy atom. The molecule has 1 unspecified atom stereocenters. The number of aryl methyl sites for hydroxylation is 2. The van der Waals surface area contributed by atoms with Gasteiger partial charge in [-0.2, -0.15) is 0 Å². The summed E-state index contributed by atoms with van der Waals surface area (Å²) in [6.45, 7) is 0.498. The minimum absolute atomic E-state index is 0.0444. The molecule has 0 aliphatic heterocycles. The monoisotopic (exact) mass is 331 g/mol. The lowest BCUT2D eigenvalue weighted by molar-refractivity contribution is 0.0382. The maximum atomic E-state index is 12.6. The van der Waals surface area contributed by atoms with Gasteiger partial charge < -0.3 is 14.7 Å². The van der Waals surface area contributed by atoms with Crippen molar-refractivity contribution in [2.45, 2.75) is 18.9 Å². The molecule has 1 aliphatic carbocycles. The van der Waals surface area contributed by atoms with E-state index in [1.54, 1.807) is 23.3 Å². The highest BCUT2D eigenvalue weighted by atomic mass is 32.1. The zero-order valence-corrected chi connectivity index (χ0v) is 14.2. The molecule has 1 heterocycles. The summed E-state index contributed by atoms with van der Waals surface area (Å²) in [4.78, 5) is 16.1. The first-order chi connectivity index (χ1) is 11.1. The van der Waals surface area contributed by atoms with Crippen molar-refractivity contribution in [1.82, 2.24) is 4.90 Å². The molecule has 1 atom stereocenters. The van der Waals surface area contributed by atoms with Crippen molar-refractivity contribution in [1.29, 1.82) is 0 Å². The number of thiophene rings is 1. The predicted molar refractivity (Wildman–Crippen MR) is 92.0 cm³/mol. The standard InChI is InChI=1S/C18H21NO3S/c1-19(10-14(20)11-22-2)18(21)16-9-13-8-7-12-5-3-4-6-15(12)17(13)23-16/h3-6,9,14,20H,7-8,10-11H2,1-2H3. The Balaban J connectivity index is 1.81. The Bertz CT molecular complexity index is 710. The van der Waals surface area contributed by atoms with Crippen LogP contribution < -0.4 is 0 Å². The smallest absolute Gasteiger partial charge is 0.263 e. The maximum absolute atomic E-state index is 12.6. The maximum Gasteiger partial charge on any atom is 0.263 e. The lowest BCUT2D eigenvalue weighted by atomic mass is 9.91. The van der Waals surface area contributed by atoms with E-state index in [0.717, 1.165) is 17.7 Å². The van der Waals surface area contributed by atoms with Gasteiger partial charge in [-0.05, 0) is 35.6 Å². The topological polar surface area (TPSA) is 49.8 Å². The van der Waals surface area contributed by atoms with Crippen molar-refractivity contribution < 1.29 is 14.6 Å². The first-order valence-corrected chi connectivity index (χ1v) is 8.55. The largest absolute Gasteiger partial charge is 0.389 e. The third-order valence-corrected chi connectivity index (χ3v) is 5.33. The Labute approximate surface area is 140 Å². The number of carbonyl (C=O) groups excluding carboxylic acids is 1. The second kappa shape index (κ2) is 6.83. The molecule has 0 fully saturated rings. The van der Waals surface area contributed by atoms with E-state index >= 15 is 0 Å². The lowest BCUT2D eigenvalue weighted by Gasteiger charge is -2.19. The molecule has 122 valence electrons. The van der Waals surface area contributed by atoms with E-state index in [0.29, 0.717) is 0 Å². The number of hydrogen-bond acceptors (Lipinski definition) is 4. The molecule has 1 aromatic carbocycles. The van der Waals surface area contributed by atoms with Gasteiger partial charge in [0, 0.05) is 25.6 Å². The average molecular weight is 331 g/mol. The van der Waals surface area contributed by atoms with E-state index in [-0.39, 0.29) is 19.1 Å². The summed E-state index contributed by atoms with van der Waals surface area (Å²) in [5.41, 5.74) is 3.85. The van der Waals surface area contributed by atoms with E-state index in [1.807, 2.05) is 12.1 Å². The fraction of sp³-hybridized carbons (Fsp3) is 0.389. The second-order valence-electron chi connectivity index (χ2n) is 5.92. The summed E-state index contributed by atoms with van der Waals surface area (Å²) in [5.74, 6) is -0.0444. The van der Waals surface area contributed by atoms with Crippen LogP contribution in [0.1, 0.15) is 20.8 Å². The Kier molecular flexibility index (Phi) is 4.80. The molecule has 0 radical (unpaired) electrons. The summed E-state index contributed by atoms with van der Waals surface area (Å²) in [5, 5.41) is 9.79. The predicted octanol–water partition coefficient (Wildman–Crippen LogP) is 2.59. The number of amides is 1. The van der Waals surface area contributed by atoms with Crippen LogP contribution in [0.2, 0.25) is 0 Å². The van der Waals surface area contributed by atoms with Gasteiger partial charge in [0.05, 0.1) is 17.6 Å². The van der Waals surface area contributed by atoms with Crippen molar-refractivity contribution in [3.63, 3.8) is 0 Å². The Morgan fingerprint density at radius 2 is 2.09 bits per heavy atom. The van der Waals surface area contributed by atoms with E-state index in [1.165, 1.54) is 28.7 Å². The molecule has 1 aromatic heterocycles. The quantitative estimate of drug-likeness (QED) is 0.916. The highest BCUT2D eigenvalue weighted by molar-refractivity contribution is 7.17. The lowest BCUT2D eigenvalue weighted by Crippen LogP contribution is -2.35. The highest BCUT2D eigenvalue weighted by Crippen LogP contribution is 2.39. The van der Waals surface area contributed by atoms with Crippen molar-refractivity contribution in [2.75, 3.05) is 27.3 Å². The zero-order valence-electron chi connectivity index (χ0n) is 13.4. The minimum atomic E-state index is -0.663. The third kappa shape index (κ3) is 3.32. The molecule has 3 rings (SSSR count). The molecule has 4 nitrogen and oxygen atoms in total. The van der Waals surface area contributed by atoms with E-state index in [4.69, 9.17) is 4.74 Å². The van der Waals surface area contributed by atoms with Crippen molar-refractivity contribution in [3.8, 4) is 10.4 Å². The summed E-state index contributed by atoms with van der Waals surface area (Å²) in [6, 6.07) is 10.4. The minimum Gasteiger partial charge on any atom is -0.389 e. The van der Waals surface area contributed by atoms with Crippen LogP contribution in [0.4, 0.5) is 0 Å². The highest BCUT2D eigenvalue weighted by Gasteiger charge is 2.23. The van der Waals surface area contributed by atoms with Crippen LogP contribution in [0.15, 0.2) is 30.3 Å². The van der Waals surface area contributed by atoms with Crippen LogP contribution in [0.25, 0.3) is 10.4 Å². The molecule has 0 saturated carbocycles. The number of carbonyl (C=O) groups is 1. The van der Waals surface area contributed by atoms with Gasteiger partial charge in [-0.25, -0.2) is 0 Å². The van der Waals surface area contributed by atoms with E-state index < -0.39 is 6.10 Å². The summed E-state index contributed by atoms with van der Waals surface area (Å²) < 4.78 is 4.91. The van der Waals surface area contributed by atoms with Crippen molar-refractivity contribution in [3.05, 3.63) is 46.3 Å². The molecule has 0 saturated heterocycles. The number of methoxy groups -OCH3 is 1. The Morgan fingerprint density at radius 3 is 2.87 bits per heavy atom.